The van der Waals surface area contributed by atoms with E-state index in [1.165, 1.54) is 25.3 Å². The Balaban J connectivity index is 2.39. The number of halogens is 1. The van der Waals surface area contributed by atoms with Crippen molar-refractivity contribution < 1.29 is 19.0 Å². The number of carboxylic acids is 1. The lowest BCUT2D eigenvalue weighted by atomic mass is 10.1. The zero-order valence-corrected chi connectivity index (χ0v) is 9.03. The smallest absolute Gasteiger partial charge is 0.352 e. The lowest BCUT2D eigenvalue weighted by Gasteiger charge is -2.03. The molecule has 0 aliphatic heterocycles. The summed E-state index contributed by atoms with van der Waals surface area (Å²) in [5.74, 6) is -1.39. The van der Waals surface area contributed by atoms with Crippen LogP contribution in [0.3, 0.4) is 0 Å². The molecule has 2 aromatic rings. The second-order valence-electron chi connectivity index (χ2n) is 3.44. The predicted octanol–water partition coefficient (Wildman–Crippen LogP) is 2.53. The molecule has 0 amide bonds. The van der Waals surface area contributed by atoms with E-state index in [9.17, 15) is 9.18 Å². The first kappa shape index (κ1) is 11.2. The maximum atomic E-state index is 13.4. The highest BCUT2D eigenvalue weighted by atomic mass is 19.1. The number of H-pyrrole nitrogens is 1. The lowest BCUT2D eigenvalue weighted by molar-refractivity contribution is 0.0691. The van der Waals surface area contributed by atoms with Gasteiger partial charge in [-0.05, 0) is 30.3 Å². The second kappa shape index (κ2) is 4.29. The molecule has 5 heteroatoms. The molecule has 4 nitrogen and oxygen atoms in total. The molecule has 0 aliphatic carbocycles. The average molecular weight is 235 g/mol. The molecule has 88 valence electrons. The van der Waals surface area contributed by atoms with Crippen LogP contribution in [-0.2, 0) is 0 Å². The molecule has 0 radical (unpaired) electrons. The first-order valence-electron chi connectivity index (χ1n) is 4.88. The van der Waals surface area contributed by atoms with Gasteiger partial charge in [-0.15, -0.1) is 0 Å². The number of methoxy groups -OCH3 is 1. The van der Waals surface area contributed by atoms with E-state index in [0.29, 0.717) is 11.3 Å². The van der Waals surface area contributed by atoms with E-state index in [1.54, 1.807) is 12.1 Å². The van der Waals surface area contributed by atoms with Crippen LogP contribution in [0.15, 0.2) is 30.3 Å². The molecular formula is C12H10FNO3. The first-order chi connectivity index (χ1) is 8.11. The summed E-state index contributed by atoms with van der Waals surface area (Å²) < 4.78 is 18.2. The zero-order valence-electron chi connectivity index (χ0n) is 9.03. The molecule has 0 saturated heterocycles. The summed E-state index contributed by atoms with van der Waals surface area (Å²) in [6.45, 7) is 0. The molecule has 1 heterocycles. The summed E-state index contributed by atoms with van der Waals surface area (Å²) in [5, 5.41) is 8.76. The quantitative estimate of drug-likeness (QED) is 0.859. The van der Waals surface area contributed by atoms with Gasteiger partial charge in [0.05, 0.1) is 7.11 Å². The molecular weight excluding hydrogens is 225 g/mol. The largest absolute Gasteiger partial charge is 0.494 e. The van der Waals surface area contributed by atoms with Gasteiger partial charge in [-0.3, -0.25) is 0 Å². The maximum absolute atomic E-state index is 13.4. The monoisotopic (exact) mass is 235 g/mol. The molecule has 2 N–H and O–H groups in total. The molecule has 0 bridgehead atoms. The first-order valence-corrected chi connectivity index (χ1v) is 4.88. The number of ether oxygens (including phenoxy) is 1. The minimum absolute atomic E-state index is 0.0660. The third-order valence-electron chi connectivity index (χ3n) is 2.38. The summed E-state index contributed by atoms with van der Waals surface area (Å²) in [5.41, 5.74) is 1.18. The molecule has 1 aromatic carbocycles. The molecule has 0 fully saturated rings. The van der Waals surface area contributed by atoms with Gasteiger partial charge in [-0.25, -0.2) is 9.18 Å². The van der Waals surface area contributed by atoms with Gasteiger partial charge in [-0.2, -0.15) is 0 Å². The van der Waals surface area contributed by atoms with Gasteiger partial charge in [0.15, 0.2) is 11.6 Å². The van der Waals surface area contributed by atoms with Crippen molar-refractivity contribution in [3.05, 3.63) is 41.8 Å². The van der Waals surface area contributed by atoms with Gasteiger partial charge in [0.25, 0.3) is 0 Å². The number of aromatic nitrogens is 1. The Morgan fingerprint density at radius 3 is 2.65 bits per heavy atom. The molecule has 17 heavy (non-hydrogen) atoms. The number of hydrogen-bond acceptors (Lipinski definition) is 2. The van der Waals surface area contributed by atoms with E-state index in [1.807, 2.05) is 0 Å². The summed E-state index contributed by atoms with van der Waals surface area (Å²) in [7, 11) is 1.38. The van der Waals surface area contributed by atoms with Crippen LogP contribution >= 0.6 is 0 Å². The second-order valence-corrected chi connectivity index (χ2v) is 3.44. The summed E-state index contributed by atoms with van der Waals surface area (Å²) >= 11 is 0. The number of nitrogens with one attached hydrogen (secondary N) is 1. The molecule has 2 rings (SSSR count). The van der Waals surface area contributed by atoms with Crippen molar-refractivity contribution >= 4 is 5.97 Å². The number of carbonyl (C=O) groups is 1. The molecule has 1 aromatic heterocycles. The number of rotatable bonds is 3. The standard InChI is InChI=1S/C12H10FNO3/c1-17-11-5-2-7(6-8(11)13)9-3-4-10(14-9)12(15)16/h2-6,14H,1H3,(H,15,16). The third-order valence-corrected chi connectivity index (χ3v) is 2.38. The van der Waals surface area contributed by atoms with Crippen LogP contribution in [0.2, 0.25) is 0 Å². The molecule has 0 unspecified atom stereocenters. The van der Waals surface area contributed by atoms with Gasteiger partial charge in [0.1, 0.15) is 5.69 Å². The topological polar surface area (TPSA) is 62.3 Å². The van der Waals surface area contributed by atoms with Crippen LogP contribution in [-0.4, -0.2) is 23.2 Å². The van der Waals surface area contributed by atoms with E-state index in [-0.39, 0.29) is 11.4 Å². The fourth-order valence-corrected chi connectivity index (χ4v) is 1.52. The lowest BCUT2D eigenvalue weighted by Crippen LogP contribution is -1.95. The number of benzene rings is 1. The van der Waals surface area contributed by atoms with Crippen LogP contribution in [0.1, 0.15) is 10.5 Å². The minimum atomic E-state index is -1.05. The van der Waals surface area contributed by atoms with Gasteiger partial charge in [0.2, 0.25) is 0 Å². The Morgan fingerprint density at radius 2 is 2.12 bits per heavy atom. The Kier molecular flexibility index (Phi) is 2.82. The molecule has 0 spiro atoms. The van der Waals surface area contributed by atoms with Crippen LogP contribution < -0.4 is 4.74 Å². The van der Waals surface area contributed by atoms with Crippen LogP contribution in [0, 0.1) is 5.82 Å². The van der Waals surface area contributed by atoms with E-state index < -0.39 is 11.8 Å². The Labute approximate surface area is 96.7 Å². The van der Waals surface area contributed by atoms with Crippen molar-refractivity contribution in [2.75, 3.05) is 7.11 Å². The fraction of sp³-hybridized carbons (Fsp3) is 0.0833. The van der Waals surface area contributed by atoms with Gasteiger partial charge in [0, 0.05) is 11.3 Å². The van der Waals surface area contributed by atoms with E-state index in [2.05, 4.69) is 4.98 Å². The van der Waals surface area contributed by atoms with Crippen LogP contribution in [0.4, 0.5) is 4.39 Å². The van der Waals surface area contributed by atoms with Crippen molar-refractivity contribution in [3.63, 3.8) is 0 Å². The molecule has 0 atom stereocenters. The third kappa shape index (κ3) is 2.13. The highest BCUT2D eigenvalue weighted by molar-refractivity contribution is 5.86. The Morgan fingerprint density at radius 1 is 1.35 bits per heavy atom. The zero-order chi connectivity index (χ0) is 12.4. The minimum Gasteiger partial charge on any atom is -0.494 e. The SMILES string of the molecule is COc1ccc(-c2ccc(C(=O)O)[nH]2)cc1F. The highest BCUT2D eigenvalue weighted by Gasteiger charge is 2.09. The van der Waals surface area contributed by atoms with E-state index in [0.717, 1.165) is 0 Å². The van der Waals surface area contributed by atoms with Crippen LogP contribution in [0.25, 0.3) is 11.3 Å². The number of aromatic carboxylic acids is 1. The predicted molar refractivity (Wildman–Crippen MR) is 59.7 cm³/mol. The number of hydrogen-bond donors (Lipinski definition) is 2. The average Bonchev–Trinajstić information content (AvgIpc) is 2.78. The Bertz CT molecular complexity index is 563. The summed E-state index contributed by atoms with van der Waals surface area (Å²) in [6, 6.07) is 7.45. The maximum Gasteiger partial charge on any atom is 0.352 e. The van der Waals surface area contributed by atoms with Gasteiger partial charge >= 0.3 is 5.97 Å². The van der Waals surface area contributed by atoms with Gasteiger partial charge in [-0.1, -0.05) is 0 Å². The van der Waals surface area contributed by atoms with E-state index >= 15 is 0 Å². The number of aromatic amines is 1. The van der Waals surface area contributed by atoms with Crippen molar-refractivity contribution in [2.24, 2.45) is 0 Å². The summed E-state index contributed by atoms with van der Waals surface area (Å²) in [6.07, 6.45) is 0. The normalized spacial score (nSPS) is 10.2. The van der Waals surface area contributed by atoms with Crippen molar-refractivity contribution in [1.82, 2.24) is 4.98 Å². The van der Waals surface area contributed by atoms with Crippen LogP contribution in [0.5, 0.6) is 5.75 Å². The molecule has 0 aliphatic rings. The number of carboxylic acid groups (broad SMARTS) is 1. The highest BCUT2D eigenvalue weighted by Crippen LogP contribution is 2.24. The van der Waals surface area contributed by atoms with Crippen molar-refractivity contribution in [3.8, 4) is 17.0 Å². The van der Waals surface area contributed by atoms with E-state index in [4.69, 9.17) is 9.84 Å². The van der Waals surface area contributed by atoms with Crippen molar-refractivity contribution in [1.29, 1.82) is 0 Å². The van der Waals surface area contributed by atoms with Gasteiger partial charge < -0.3 is 14.8 Å². The van der Waals surface area contributed by atoms with Crippen molar-refractivity contribution in [2.45, 2.75) is 0 Å². The Hall–Kier alpha value is -2.30. The summed E-state index contributed by atoms with van der Waals surface area (Å²) in [4.78, 5) is 13.4. The fourth-order valence-electron chi connectivity index (χ4n) is 1.52. The molecule has 0 saturated carbocycles.